The Balaban J connectivity index is 1.78. The molecule has 3 amide bonds. The maximum absolute atomic E-state index is 12.1. The molecule has 0 atom stereocenters. The van der Waals surface area contributed by atoms with Crippen molar-refractivity contribution in [2.75, 3.05) is 32.6 Å². The standard InChI is InChI=1S/C16H18N2O6S/c1-10-3-4-12(23-2)11(7-10)15(21)24-8-13(19)17-5-6-18-14(20)9-25-16(18)22/h3-4,7H,5-6,8-9H2,1-2H3,(H,17,19). The number of rotatable bonds is 7. The number of methoxy groups -OCH3 is 1. The first kappa shape index (κ1) is 18.8. The molecule has 25 heavy (non-hydrogen) atoms. The number of nitrogens with one attached hydrogen (secondary N) is 1. The number of hydrogen-bond acceptors (Lipinski definition) is 7. The number of benzene rings is 1. The molecule has 1 aliphatic heterocycles. The van der Waals surface area contributed by atoms with Gasteiger partial charge in [0.2, 0.25) is 5.91 Å². The van der Waals surface area contributed by atoms with Gasteiger partial charge in [-0.1, -0.05) is 23.4 Å². The van der Waals surface area contributed by atoms with Gasteiger partial charge in [-0.3, -0.25) is 19.3 Å². The van der Waals surface area contributed by atoms with Crippen molar-refractivity contribution < 1.29 is 28.7 Å². The summed E-state index contributed by atoms with van der Waals surface area (Å²) >= 11 is 0.932. The molecule has 134 valence electrons. The van der Waals surface area contributed by atoms with Gasteiger partial charge in [-0.15, -0.1) is 0 Å². The fourth-order valence-corrected chi connectivity index (χ4v) is 2.90. The van der Waals surface area contributed by atoms with Crippen molar-refractivity contribution in [3.05, 3.63) is 29.3 Å². The van der Waals surface area contributed by atoms with E-state index in [2.05, 4.69) is 5.32 Å². The summed E-state index contributed by atoms with van der Waals surface area (Å²) in [4.78, 5) is 47.7. The summed E-state index contributed by atoms with van der Waals surface area (Å²) in [5.41, 5.74) is 1.09. The average molecular weight is 366 g/mol. The third-order valence-electron chi connectivity index (χ3n) is 3.41. The van der Waals surface area contributed by atoms with E-state index < -0.39 is 18.5 Å². The number of nitrogens with zero attached hydrogens (tertiary/aromatic N) is 1. The lowest BCUT2D eigenvalue weighted by molar-refractivity contribution is -0.126. The van der Waals surface area contributed by atoms with Crippen molar-refractivity contribution in [2.45, 2.75) is 6.92 Å². The van der Waals surface area contributed by atoms with E-state index in [4.69, 9.17) is 9.47 Å². The zero-order chi connectivity index (χ0) is 18.4. The SMILES string of the molecule is COc1ccc(C)cc1C(=O)OCC(=O)NCCN1C(=O)CSC1=O. The highest BCUT2D eigenvalue weighted by Crippen LogP contribution is 2.20. The molecule has 1 aromatic carbocycles. The Hall–Kier alpha value is -2.55. The van der Waals surface area contributed by atoms with Crippen LogP contribution in [0.1, 0.15) is 15.9 Å². The molecule has 0 spiro atoms. The Labute approximate surface area is 148 Å². The van der Waals surface area contributed by atoms with Crippen molar-refractivity contribution in [1.29, 1.82) is 0 Å². The summed E-state index contributed by atoms with van der Waals surface area (Å²) in [5.74, 6) is -0.978. The van der Waals surface area contributed by atoms with Crippen LogP contribution in [0.2, 0.25) is 0 Å². The van der Waals surface area contributed by atoms with Crippen LogP contribution >= 0.6 is 11.8 Å². The summed E-state index contributed by atoms with van der Waals surface area (Å²) in [7, 11) is 1.44. The second kappa shape index (κ2) is 8.52. The first-order chi connectivity index (χ1) is 11.9. The van der Waals surface area contributed by atoms with Gasteiger partial charge in [0, 0.05) is 13.1 Å². The number of carbonyl (C=O) groups is 4. The van der Waals surface area contributed by atoms with Gasteiger partial charge < -0.3 is 14.8 Å². The molecule has 1 aliphatic rings. The lowest BCUT2D eigenvalue weighted by atomic mass is 10.1. The number of imide groups is 1. The Morgan fingerprint density at radius 1 is 1.32 bits per heavy atom. The molecule has 0 radical (unpaired) electrons. The first-order valence-corrected chi connectivity index (χ1v) is 8.46. The van der Waals surface area contributed by atoms with Crippen LogP contribution in [0.4, 0.5) is 4.79 Å². The molecule has 1 fully saturated rings. The van der Waals surface area contributed by atoms with Crippen LogP contribution in [0.5, 0.6) is 5.75 Å². The van der Waals surface area contributed by atoms with E-state index in [-0.39, 0.29) is 35.6 Å². The van der Waals surface area contributed by atoms with Crippen LogP contribution in [0.25, 0.3) is 0 Å². The van der Waals surface area contributed by atoms with E-state index >= 15 is 0 Å². The van der Waals surface area contributed by atoms with Crippen LogP contribution in [-0.2, 0) is 14.3 Å². The minimum absolute atomic E-state index is 0.0933. The zero-order valence-electron chi connectivity index (χ0n) is 13.9. The quantitative estimate of drug-likeness (QED) is 0.718. The van der Waals surface area contributed by atoms with E-state index in [1.54, 1.807) is 18.2 Å². The molecule has 1 N–H and O–H groups in total. The van der Waals surface area contributed by atoms with Gasteiger partial charge in [0.25, 0.3) is 11.1 Å². The predicted octanol–water partition coefficient (Wildman–Crippen LogP) is 0.972. The molecular formula is C16H18N2O6S. The van der Waals surface area contributed by atoms with Crippen LogP contribution in [-0.4, -0.2) is 60.5 Å². The molecule has 0 saturated carbocycles. The van der Waals surface area contributed by atoms with Gasteiger partial charge in [-0.05, 0) is 19.1 Å². The molecule has 0 bridgehead atoms. The second-order valence-corrected chi connectivity index (χ2v) is 6.16. The Bertz CT molecular complexity index is 690. The van der Waals surface area contributed by atoms with Crippen LogP contribution in [0.15, 0.2) is 18.2 Å². The lowest BCUT2D eigenvalue weighted by Crippen LogP contribution is -2.38. The lowest BCUT2D eigenvalue weighted by Gasteiger charge is -2.13. The Kier molecular flexibility index (Phi) is 6.40. The molecular weight excluding hydrogens is 348 g/mol. The number of hydrogen-bond donors (Lipinski definition) is 1. The van der Waals surface area contributed by atoms with E-state index in [9.17, 15) is 19.2 Å². The van der Waals surface area contributed by atoms with E-state index in [0.717, 1.165) is 22.2 Å². The highest BCUT2D eigenvalue weighted by Gasteiger charge is 2.29. The van der Waals surface area contributed by atoms with Gasteiger partial charge in [0.15, 0.2) is 6.61 Å². The van der Waals surface area contributed by atoms with E-state index in [1.807, 2.05) is 6.92 Å². The minimum Gasteiger partial charge on any atom is -0.496 e. The predicted molar refractivity (Wildman–Crippen MR) is 90.6 cm³/mol. The molecule has 1 saturated heterocycles. The summed E-state index contributed by atoms with van der Waals surface area (Å²) in [6.07, 6.45) is 0. The summed E-state index contributed by atoms with van der Waals surface area (Å²) in [6, 6.07) is 5.05. The van der Waals surface area contributed by atoms with Crippen molar-refractivity contribution >= 4 is 34.8 Å². The highest BCUT2D eigenvalue weighted by molar-refractivity contribution is 8.14. The van der Waals surface area contributed by atoms with Gasteiger partial charge in [-0.2, -0.15) is 0 Å². The number of thioether (sulfide) groups is 1. The van der Waals surface area contributed by atoms with Crippen LogP contribution in [0.3, 0.4) is 0 Å². The molecule has 2 rings (SSSR count). The number of amides is 3. The van der Waals surface area contributed by atoms with Crippen LogP contribution in [0, 0.1) is 6.92 Å². The third kappa shape index (κ3) is 4.96. The van der Waals surface area contributed by atoms with Crippen molar-refractivity contribution in [3.8, 4) is 5.75 Å². The second-order valence-electron chi connectivity index (χ2n) is 5.23. The van der Waals surface area contributed by atoms with Gasteiger partial charge in [0.05, 0.1) is 12.9 Å². The normalized spacial score (nSPS) is 13.8. The van der Waals surface area contributed by atoms with Crippen molar-refractivity contribution in [3.63, 3.8) is 0 Å². The summed E-state index contributed by atoms with van der Waals surface area (Å²) in [6.45, 7) is 1.55. The fourth-order valence-electron chi connectivity index (χ4n) is 2.15. The summed E-state index contributed by atoms with van der Waals surface area (Å²) in [5, 5.41) is 2.17. The summed E-state index contributed by atoms with van der Waals surface area (Å²) < 4.78 is 10.1. The molecule has 1 aromatic rings. The number of esters is 1. The van der Waals surface area contributed by atoms with E-state index in [1.165, 1.54) is 7.11 Å². The molecule has 8 nitrogen and oxygen atoms in total. The largest absolute Gasteiger partial charge is 0.496 e. The molecule has 0 aromatic heterocycles. The third-order valence-corrected chi connectivity index (χ3v) is 4.27. The number of carbonyl (C=O) groups excluding carboxylic acids is 4. The van der Waals surface area contributed by atoms with Crippen molar-refractivity contribution in [1.82, 2.24) is 10.2 Å². The smallest absolute Gasteiger partial charge is 0.342 e. The fraction of sp³-hybridized carbons (Fsp3) is 0.375. The van der Waals surface area contributed by atoms with E-state index in [0.29, 0.717) is 5.75 Å². The first-order valence-electron chi connectivity index (χ1n) is 7.48. The van der Waals surface area contributed by atoms with Gasteiger partial charge >= 0.3 is 5.97 Å². The molecule has 0 unspecified atom stereocenters. The van der Waals surface area contributed by atoms with Gasteiger partial charge in [0.1, 0.15) is 11.3 Å². The minimum atomic E-state index is -0.669. The van der Waals surface area contributed by atoms with Crippen molar-refractivity contribution in [2.24, 2.45) is 0 Å². The maximum Gasteiger partial charge on any atom is 0.342 e. The monoisotopic (exact) mass is 366 g/mol. The zero-order valence-corrected chi connectivity index (χ0v) is 14.7. The Morgan fingerprint density at radius 3 is 2.72 bits per heavy atom. The average Bonchev–Trinajstić information content (AvgIpc) is 2.91. The topological polar surface area (TPSA) is 102 Å². The number of aryl methyl sites for hydroxylation is 1. The Morgan fingerprint density at radius 2 is 2.08 bits per heavy atom. The highest BCUT2D eigenvalue weighted by atomic mass is 32.2. The molecule has 0 aliphatic carbocycles. The molecule has 1 heterocycles. The van der Waals surface area contributed by atoms with Gasteiger partial charge in [-0.25, -0.2) is 4.79 Å². The van der Waals surface area contributed by atoms with Crippen LogP contribution < -0.4 is 10.1 Å². The number of ether oxygens (including phenoxy) is 2. The maximum atomic E-state index is 12.1. The molecule has 9 heteroatoms.